The molecule has 2 aromatic rings. The summed E-state index contributed by atoms with van der Waals surface area (Å²) in [6.07, 6.45) is 1.29. The molecule has 0 saturated carbocycles. The van der Waals surface area contributed by atoms with Crippen LogP contribution in [0, 0.1) is 0 Å². The van der Waals surface area contributed by atoms with Gasteiger partial charge in [0, 0.05) is 4.47 Å². The number of hydrogen-bond acceptors (Lipinski definition) is 5. The van der Waals surface area contributed by atoms with Crippen molar-refractivity contribution < 1.29 is 9.47 Å². The van der Waals surface area contributed by atoms with Crippen LogP contribution in [0.4, 0.5) is 5.82 Å². The largest absolute Gasteiger partial charge is 0.489 e. The molecule has 0 aliphatic rings. The van der Waals surface area contributed by atoms with Crippen LogP contribution in [-0.2, 0) is 0 Å². The minimum absolute atomic E-state index is 0.202. The molecule has 2 N–H and O–H groups in total. The van der Waals surface area contributed by atoms with E-state index in [0.29, 0.717) is 10.8 Å². The zero-order valence-corrected chi connectivity index (χ0v) is 11.7. The van der Waals surface area contributed by atoms with Gasteiger partial charge in [0.2, 0.25) is 5.75 Å². The molecule has 94 valence electrons. The average Bonchev–Trinajstić information content (AvgIpc) is 2.34. The van der Waals surface area contributed by atoms with Crippen molar-refractivity contribution in [1.82, 2.24) is 9.97 Å². The number of nitrogen functional groups attached to an aromatic ring is 1. The SMILES string of the molecule is COc1c(N)ncnc1Oc1cc(Br)ccc1Cl. The highest BCUT2D eigenvalue weighted by Gasteiger charge is 2.13. The minimum Gasteiger partial charge on any atom is -0.489 e. The van der Waals surface area contributed by atoms with E-state index in [1.807, 2.05) is 0 Å². The third-order valence-electron chi connectivity index (χ3n) is 2.10. The number of halogens is 2. The number of aromatic nitrogens is 2. The lowest BCUT2D eigenvalue weighted by molar-refractivity contribution is 0.369. The number of ether oxygens (including phenoxy) is 2. The molecule has 0 spiro atoms. The molecule has 18 heavy (non-hydrogen) atoms. The van der Waals surface area contributed by atoms with E-state index in [4.69, 9.17) is 26.8 Å². The van der Waals surface area contributed by atoms with Gasteiger partial charge in [0.25, 0.3) is 5.88 Å². The predicted octanol–water partition coefficient (Wildman–Crippen LogP) is 3.28. The van der Waals surface area contributed by atoms with Gasteiger partial charge in [0.1, 0.15) is 12.1 Å². The van der Waals surface area contributed by atoms with E-state index in [1.54, 1.807) is 18.2 Å². The van der Waals surface area contributed by atoms with E-state index in [9.17, 15) is 0 Å². The Balaban J connectivity index is 2.40. The Hall–Kier alpha value is -1.53. The smallest absolute Gasteiger partial charge is 0.268 e. The summed E-state index contributed by atoms with van der Waals surface area (Å²) in [5, 5.41) is 0.456. The molecule has 0 atom stereocenters. The lowest BCUT2D eigenvalue weighted by atomic mass is 10.3. The zero-order chi connectivity index (χ0) is 13.1. The molecule has 0 aliphatic carbocycles. The Bertz CT molecular complexity index is 580. The van der Waals surface area contributed by atoms with Crippen LogP contribution in [0.5, 0.6) is 17.4 Å². The molecule has 5 nitrogen and oxygen atoms in total. The molecule has 0 aliphatic heterocycles. The van der Waals surface area contributed by atoms with Crippen LogP contribution in [0.25, 0.3) is 0 Å². The maximum Gasteiger partial charge on any atom is 0.268 e. The summed E-state index contributed by atoms with van der Waals surface area (Å²) in [7, 11) is 1.46. The van der Waals surface area contributed by atoms with E-state index in [1.165, 1.54) is 13.4 Å². The first-order valence-electron chi connectivity index (χ1n) is 4.89. The van der Waals surface area contributed by atoms with E-state index < -0.39 is 0 Å². The Labute approximate surface area is 117 Å². The summed E-state index contributed by atoms with van der Waals surface area (Å²) in [5.41, 5.74) is 5.66. The topological polar surface area (TPSA) is 70.3 Å². The third-order valence-corrected chi connectivity index (χ3v) is 2.91. The number of hydrogen-bond donors (Lipinski definition) is 1. The molecule has 1 aromatic carbocycles. The highest BCUT2D eigenvalue weighted by molar-refractivity contribution is 9.10. The molecule has 0 saturated heterocycles. The standard InChI is InChI=1S/C11H9BrClN3O2/c1-17-9-10(14)15-5-16-11(9)18-8-4-6(12)2-3-7(8)13/h2-5H,1H3,(H2,14,15,16). The molecule has 0 amide bonds. The molecule has 0 unspecified atom stereocenters. The van der Waals surface area contributed by atoms with Gasteiger partial charge in [-0.05, 0) is 18.2 Å². The number of nitrogens with zero attached hydrogens (tertiary/aromatic N) is 2. The Kier molecular flexibility index (Phi) is 3.88. The third kappa shape index (κ3) is 2.65. The summed E-state index contributed by atoms with van der Waals surface area (Å²) >= 11 is 9.35. The van der Waals surface area contributed by atoms with Crippen molar-refractivity contribution in [3.8, 4) is 17.4 Å². The summed E-state index contributed by atoms with van der Waals surface area (Å²) in [6, 6.07) is 5.23. The highest BCUT2D eigenvalue weighted by atomic mass is 79.9. The van der Waals surface area contributed by atoms with E-state index in [-0.39, 0.29) is 17.4 Å². The van der Waals surface area contributed by atoms with Crippen LogP contribution in [0.1, 0.15) is 0 Å². The van der Waals surface area contributed by atoms with Crippen molar-refractivity contribution in [3.63, 3.8) is 0 Å². The van der Waals surface area contributed by atoms with Gasteiger partial charge in [-0.2, -0.15) is 4.98 Å². The second kappa shape index (κ2) is 5.41. The Morgan fingerprint density at radius 1 is 1.33 bits per heavy atom. The molecule has 0 bridgehead atoms. The lowest BCUT2D eigenvalue weighted by Gasteiger charge is -2.11. The van der Waals surface area contributed by atoms with E-state index in [2.05, 4.69) is 25.9 Å². The van der Waals surface area contributed by atoms with Gasteiger partial charge >= 0.3 is 0 Å². The Morgan fingerprint density at radius 3 is 2.83 bits per heavy atom. The molecule has 0 fully saturated rings. The molecule has 0 radical (unpaired) electrons. The summed E-state index contributed by atoms with van der Waals surface area (Å²) in [5.74, 6) is 1.13. The Morgan fingerprint density at radius 2 is 2.11 bits per heavy atom. The number of rotatable bonds is 3. The first-order chi connectivity index (χ1) is 8.61. The van der Waals surface area contributed by atoms with Gasteiger partial charge < -0.3 is 15.2 Å². The van der Waals surface area contributed by atoms with Crippen LogP contribution in [0.15, 0.2) is 29.0 Å². The van der Waals surface area contributed by atoms with Crippen molar-refractivity contribution in [3.05, 3.63) is 34.0 Å². The van der Waals surface area contributed by atoms with Crippen LogP contribution in [-0.4, -0.2) is 17.1 Å². The number of methoxy groups -OCH3 is 1. The second-order valence-corrected chi connectivity index (χ2v) is 4.60. The van der Waals surface area contributed by atoms with Crippen molar-refractivity contribution in [2.45, 2.75) is 0 Å². The monoisotopic (exact) mass is 329 g/mol. The molecule has 2 rings (SSSR count). The fourth-order valence-electron chi connectivity index (χ4n) is 1.29. The van der Waals surface area contributed by atoms with Crippen LogP contribution in [0.2, 0.25) is 5.02 Å². The molecular formula is C11H9BrClN3O2. The molecule has 1 heterocycles. The van der Waals surface area contributed by atoms with Gasteiger partial charge in [0.05, 0.1) is 12.1 Å². The number of nitrogens with two attached hydrogens (primary N) is 1. The summed E-state index contributed by atoms with van der Waals surface area (Å²) in [6.45, 7) is 0. The first kappa shape index (κ1) is 12.9. The zero-order valence-electron chi connectivity index (χ0n) is 9.35. The normalized spacial score (nSPS) is 10.2. The van der Waals surface area contributed by atoms with Crippen LogP contribution < -0.4 is 15.2 Å². The maximum absolute atomic E-state index is 6.02. The van der Waals surface area contributed by atoms with Crippen molar-refractivity contribution >= 4 is 33.3 Å². The van der Waals surface area contributed by atoms with E-state index in [0.717, 1.165) is 4.47 Å². The fraction of sp³-hybridized carbons (Fsp3) is 0.0909. The first-order valence-corrected chi connectivity index (χ1v) is 6.06. The molecule has 7 heteroatoms. The van der Waals surface area contributed by atoms with Gasteiger partial charge in [-0.3, -0.25) is 0 Å². The molecular weight excluding hydrogens is 321 g/mol. The second-order valence-electron chi connectivity index (χ2n) is 3.27. The van der Waals surface area contributed by atoms with Gasteiger partial charge in [-0.1, -0.05) is 27.5 Å². The van der Waals surface area contributed by atoms with Crippen molar-refractivity contribution in [1.29, 1.82) is 0 Å². The average molecular weight is 331 g/mol. The van der Waals surface area contributed by atoms with Crippen molar-refractivity contribution in [2.75, 3.05) is 12.8 Å². The summed E-state index contributed by atoms with van der Waals surface area (Å²) in [4.78, 5) is 7.78. The number of anilines is 1. The van der Waals surface area contributed by atoms with Crippen LogP contribution in [0.3, 0.4) is 0 Å². The van der Waals surface area contributed by atoms with Crippen molar-refractivity contribution in [2.24, 2.45) is 0 Å². The summed E-state index contributed by atoms with van der Waals surface area (Å²) < 4.78 is 11.5. The maximum atomic E-state index is 6.02. The number of benzene rings is 1. The fourth-order valence-corrected chi connectivity index (χ4v) is 1.79. The molecule has 1 aromatic heterocycles. The quantitative estimate of drug-likeness (QED) is 0.935. The highest BCUT2D eigenvalue weighted by Crippen LogP contribution is 2.36. The van der Waals surface area contributed by atoms with Gasteiger partial charge in [-0.25, -0.2) is 4.98 Å². The predicted molar refractivity (Wildman–Crippen MR) is 72.2 cm³/mol. The van der Waals surface area contributed by atoms with E-state index >= 15 is 0 Å². The lowest BCUT2D eigenvalue weighted by Crippen LogP contribution is -2.00. The minimum atomic E-state index is 0.202. The van der Waals surface area contributed by atoms with Crippen LogP contribution >= 0.6 is 27.5 Å². The van der Waals surface area contributed by atoms with Gasteiger partial charge in [0.15, 0.2) is 5.82 Å². The van der Waals surface area contributed by atoms with Gasteiger partial charge in [-0.15, -0.1) is 0 Å².